The lowest BCUT2D eigenvalue weighted by atomic mass is 9.78. The van der Waals surface area contributed by atoms with Gasteiger partial charge in [0.25, 0.3) is 0 Å². The molecule has 8 nitrogen and oxygen atoms in total. The summed E-state index contributed by atoms with van der Waals surface area (Å²) >= 11 is 0. The molecule has 192 valence electrons. The molecule has 3 amide bonds. The van der Waals surface area contributed by atoms with Crippen molar-refractivity contribution in [3.05, 3.63) is 35.4 Å². The first kappa shape index (κ1) is 25.6. The zero-order valence-electron chi connectivity index (χ0n) is 20.9. The number of amides is 3. The molecular formula is C27H40N4O4. The van der Waals surface area contributed by atoms with Crippen molar-refractivity contribution in [1.82, 2.24) is 15.1 Å². The Morgan fingerprint density at radius 2 is 1.80 bits per heavy atom. The number of likely N-dealkylation sites (tertiary alicyclic amines) is 1. The Hall–Kier alpha value is -2.45. The van der Waals surface area contributed by atoms with Crippen LogP contribution < -0.4 is 11.1 Å². The normalized spacial score (nSPS) is 24.4. The SMILES string of the molecule is CCCCN1C(=O)[C@@H]([C@H](O)C2CCCCC2)NC(=O)C12CCN(Cc1ccc(C(N)=O)cc1)CC2. The lowest BCUT2D eigenvalue weighted by molar-refractivity contribution is -0.166. The van der Waals surface area contributed by atoms with Crippen molar-refractivity contribution in [3.63, 3.8) is 0 Å². The molecule has 1 aromatic rings. The monoisotopic (exact) mass is 484 g/mol. The number of aliphatic hydroxyl groups is 1. The van der Waals surface area contributed by atoms with E-state index in [0.717, 1.165) is 44.1 Å². The van der Waals surface area contributed by atoms with Gasteiger partial charge in [-0.25, -0.2) is 0 Å². The Morgan fingerprint density at radius 3 is 2.40 bits per heavy atom. The predicted molar refractivity (Wildman–Crippen MR) is 133 cm³/mol. The maximum absolute atomic E-state index is 13.7. The number of primary amides is 1. The van der Waals surface area contributed by atoms with E-state index in [9.17, 15) is 19.5 Å². The van der Waals surface area contributed by atoms with Gasteiger partial charge in [-0.05, 0) is 55.7 Å². The summed E-state index contributed by atoms with van der Waals surface area (Å²) in [5.41, 5.74) is 6.05. The smallest absolute Gasteiger partial charge is 0.248 e. The summed E-state index contributed by atoms with van der Waals surface area (Å²) < 4.78 is 0. The minimum atomic E-state index is -0.846. The molecule has 2 aliphatic heterocycles. The van der Waals surface area contributed by atoms with Crippen molar-refractivity contribution in [3.8, 4) is 0 Å². The third kappa shape index (κ3) is 5.38. The molecular weight excluding hydrogens is 444 g/mol. The zero-order chi connectivity index (χ0) is 25.0. The van der Waals surface area contributed by atoms with Crippen LogP contribution in [0.3, 0.4) is 0 Å². The quantitative estimate of drug-likeness (QED) is 0.523. The van der Waals surface area contributed by atoms with Crippen LogP contribution in [0.1, 0.15) is 80.6 Å². The first-order chi connectivity index (χ1) is 16.9. The van der Waals surface area contributed by atoms with E-state index >= 15 is 0 Å². The molecule has 2 heterocycles. The molecule has 35 heavy (non-hydrogen) atoms. The number of hydrogen-bond acceptors (Lipinski definition) is 5. The molecule has 0 aromatic heterocycles. The highest BCUT2D eigenvalue weighted by atomic mass is 16.3. The van der Waals surface area contributed by atoms with Crippen molar-refractivity contribution >= 4 is 17.7 Å². The molecule has 0 bridgehead atoms. The van der Waals surface area contributed by atoms with E-state index in [2.05, 4.69) is 17.1 Å². The molecule has 2 saturated heterocycles. The fourth-order valence-electron chi connectivity index (χ4n) is 6.07. The Kier molecular flexibility index (Phi) is 8.12. The number of piperazine rings is 1. The van der Waals surface area contributed by atoms with Crippen LogP contribution in [0.15, 0.2) is 24.3 Å². The molecule has 1 aliphatic carbocycles. The van der Waals surface area contributed by atoms with Crippen molar-refractivity contribution in [2.45, 2.75) is 88.9 Å². The summed E-state index contributed by atoms with van der Waals surface area (Å²) in [6.45, 7) is 4.73. The van der Waals surface area contributed by atoms with Crippen LogP contribution in [0.2, 0.25) is 0 Å². The first-order valence-electron chi connectivity index (χ1n) is 13.3. The maximum Gasteiger partial charge on any atom is 0.248 e. The molecule has 0 radical (unpaired) electrons. The van der Waals surface area contributed by atoms with E-state index in [-0.39, 0.29) is 17.7 Å². The van der Waals surface area contributed by atoms with Crippen molar-refractivity contribution in [1.29, 1.82) is 0 Å². The lowest BCUT2D eigenvalue weighted by Crippen LogP contribution is -2.75. The lowest BCUT2D eigenvalue weighted by Gasteiger charge is -2.52. The van der Waals surface area contributed by atoms with Crippen LogP contribution in [0, 0.1) is 5.92 Å². The third-order valence-electron chi connectivity index (χ3n) is 8.30. The highest BCUT2D eigenvalue weighted by molar-refractivity contribution is 6.00. The van der Waals surface area contributed by atoms with Gasteiger partial charge in [-0.3, -0.25) is 19.3 Å². The number of hydrogen-bond donors (Lipinski definition) is 3. The molecule has 0 unspecified atom stereocenters. The van der Waals surface area contributed by atoms with E-state index < -0.39 is 23.6 Å². The highest BCUT2D eigenvalue weighted by Crippen LogP contribution is 2.36. The number of nitrogens with one attached hydrogen (secondary N) is 1. The second-order valence-electron chi connectivity index (χ2n) is 10.6. The average molecular weight is 485 g/mol. The van der Waals surface area contributed by atoms with Gasteiger partial charge in [0.2, 0.25) is 17.7 Å². The number of aliphatic hydroxyl groups excluding tert-OH is 1. The summed E-state index contributed by atoms with van der Waals surface area (Å²) in [7, 11) is 0. The highest BCUT2D eigenvalue weighted by Gasteiger charge is 2.55. The standard InChI is InChI=1S/C27H40N4O4/c1-2-3-15-31-25(34)22(23(32)20-7-5-4-6-8-20)29-26(35)27(31)13-16-30(17-14-27)18-19-9-11-21(12-10-19)24(28)33/h9-12,20,22-23,32H,2-8,13-18H2,1H3,(H2,28,33)(H,29,35)/t22-,23-/m1/s1. The topological polar surface area (TPSA) is 116 Å². The van der Waals surface area contributed by atoms with Crippen LogP contribution >= 0.6 is 0 Å². The summed E-state index contributed by atoms with van der Waals surface area (Å²) in [6, 6.07) is 6.45. The predicted octanol–water partition coefficient (Wildman–Crippen LogP) is 2.19. The molecule has 4 N–H and O–H groups in total. The Balaban J connectivity index is 1.45. The second-order valence-corrected chi connectivity index (χ2v) is 10.6. The Morgan fingerprint density at radius 1 is 1.14 bits per heavy atom. The van der Waals surface area contributed by atoms with Gasteiger partial charge in [-0.2, -0.15) is 0 Å². The fourth-order valence-corrected chi connectivity index (χ4v) is 6.07. The van der Waals surface area contributed by atoms with Gasteiger partial charge in [0.15, 0.2) is 0 Å². The number of piperidine rings is 1. The van der Waals surface area contributed by atoms with E-state index in [0.29, 0.717) is 44.6 Å². The minimum absolute atomic E-state index is 0.0721. The van der Waals surface area contributed by atoms with Gasteiger partial charge in [-0.1, -0.05) is 44.7 Å². The van der Waals surface area contributed by atoms with E-state index in [4.69, 9.17) is 5.73 Å². The summed E-state index contributed by atoms with van der Waals surface area (Å²) in [5, 5.41) is 14.0. The summed E-state index contributed by atoms with van der Waals surface area (Å²) in [6.07, 6.45) is 7.23. The molecule has 8 heteroatoms. The molecule has 2 atom stereocenters. The molecule has 1 spiro atoms. The molecule has 3 fully saturated rings. The number of benzene rings is 1. The van der Waals surface area contributed by atoms with E-state index in [1.54, 1.807) is 12.1 Å². The third-order valence-corrected chi connectivity index (χ3v) is 8.30. The molecule has 1 saturated carbocycles. The number of carbonyl (C=O) groups excluding carboxylic acids is 3. The maximum atomic E-state index is 13.7. The summed E-state index contributed by atoms with van der Waals surface area (Å²) in [4.78, 5) is 42.7. The number of nitrogens with zero attached hydrogens (tertiary/aromatic N) is 2. The van der Waals surface area contributed by atoms with Gasteiger partial charge in [0.05, 0.1) is 6.10 Å². The van der Waals surface area contributed by atoms with Gasteiger partial charge in [0, 0.05) is 31.7 Å². The molecule has 1 aromatic carbocycles. The largest absolute Gasteiger partial charge is 0.390 e. The van der Waals surface area contributed by atoms with Crippen LogP contribution in [-0.2, 0) is 16.1 Å². The van der Waals surface area contributed by atoms with E-state index in [1.165, 1.54) is 6.42 Å². The number of carbonyl (C=O) groups is 3. The minimum Gasteiger partial charge on any atom is -0.390 e. The van der Waals surface area contributed by atoms with Crippen LogP contribution in [0.5, 0.6) is 0 Å². The van der Waals surface area contributed by atoms with Crippen LogP contribution in [-0.4, -0.2) is 69.9 Å². The van der Waals surface area contributed by atoms with Crippen molar-refractivity contribution in [2.24, 2.45) is 11.7 Å². The first-order valence-corrected chi connectivity index (χ1v) is 13.3. The molecule has 3 aliphatic rings. The zero-order valence-corrected chi connectivity index (χ0v) is 20.9. The van der Waals surface area contributed by atoms with E-state index in [1.807, 2.05) is 17.0 Å². The van der Waals surface area contributed by atoms with Crippen LogP contribution in [0.4, 0.5) is 0 Å². The van der Waals surface area contributed by atoms with Crippen molar-refractivity contribution < 1.29 is 19.5 Å². The van der Waals surface area contributed by atoms with Crippen LogP contribution in [0.25, 0.3) is 0 Å². The average Bonchev–Trinajstić information content (AvgIpc) is 2.88. The Labute approximate surface area is 208 Å². The second kappa shape index (κ2) is 11.1. The van der Waals surface area contributed by atoms with Gasteiger partial charge in [-0.15, -0.1) is 0 Å². The summed E-state index contributed by atoms with van der Waals surface area (Å²) in [5.74, 6) is -0.600. The molecule has 4 rings (SSSR count). The fraction of sp³-hybridized carbons (Fsp3) is 0.667. The van der Waals surface area contributed by atoms with Crippen molar-refractivity contribution in [2.75, 3.05) is 19.6 Å². The van der Waals surface area contributed by atoms with Gasteiger partial charge >= 0.3 is 0 Å². The van der Waals surface area contributed by atoms with Gasteiger partial charge < -0.3 is 21.1 Å². The number of unbranched alkanes of at least 4 members (excludes halogenated alkanes) is 1. The van der Waals surface area contributed by atoms with Gasteiger partial charge in [0.1, 0.15) is 11.6 Å². The number of rotatable bonds is 8. The number of nitrogens with two attached hydrogens (primary N) is 1. The Bertz CT molecular complexity index is 904.